The number of rotatable bonds is 5. The molecule has 3 aromatic rings. The van der Waals surface area contributed by atoms with Crippen LogP contribution in [0.4, 0.5) is 0 Å². The van der Waals surface area contributed by atoms with Gasteiger partial charge in [0.25, 0.3) is 5.91 Å². The molecule has 2 atom stereocenters. The van der Waals surface area contributed by atoms with E-state index in [4.69, 9.17) is 19.3 Å². The van der Waals surface area contributed by atoms with Gasteiger partial charge < -0.3 is 14.2 Å². The largest absolute Gasteiger partial charge is 0.454 e. The van der Waals surface area contributed by atoms with Gasteiger partial charge in [-0.15, -0.1) is 0 Å². The predicted octanol–water partition coefficient (Wildman–Crippen LogP) is 5.40. The Bertz CT molecular complexity index is 1380. The first kappa shape index (κ1) is 23.0. The summed E-state index contributed by atoms with van der Waals surface area (Å²) < 4.78 is 16.0. The van der Waals surface area contributed by atoms with Crippen LogP contribution >= 0.6 is 0 Å². The average Bonchev–Trinajstić information content (AvgIpc) is 3.57. The normalized spacial score (nSPS) is 20.9. The van der Waals surface area contributed by atoms with Gasteiger partial charge in [-0.1, -0.05) is 60.7 Å². The fourth-order valence-corrected chi connectivity index (χ4v) is 5.24. The van der Waals surface area contributed by atoms with E-state index in [2.05, 4.69) is 18.2 Å². The lowest BCUT2D eigenvalue weighted by Gasteiger charge is -2.29. The van der Waals surface area contributed by atoms with Crippen molar-refractivity contribution in [2.45, 2.75) is 25.3 Å². The van der Waals surface area contributed by atoms with Crippen LogP contribution in [-0.4, -0.2) is 36.0 Å². The number of esters is 1. The molecular weight excluding hydrogens is 468 g/mol. The molecule has 3 aromatic carbocycles. The summed E-state index contributed by atoms with van der Waals surface area (Å²) in [5.41, 5.74) is 4.52. The van der Waals surface area contributed by atoms with Crippen LogP contribution in [0.5, 0.6) is 11.5 Å². The zero-order valence-electron chi connectivity index (χ0n) is 20.2. The highest BCUT2D eigenvalue weighted by Gasteiger charge is 2.43. The molecule has 1 saturated carbocycles. The summed E-state index contributed by atoms with van der Waals surface area (Å²) in [4.78, 5) is 26.1. The number of benzene rings is 3. The maximum Gasteiger partial charge on any atom is 0.338 e. The lowest BCUT2D eigenvalue weighted by atomic mass is 9.77. The Morgan fingerprint density at radius 3 is 2.54 bits per heavy atom. The number of ether oxygens (including phenoxy) is 3. The van der Waals surface area contributed by atoms with E-state index in [1.165, 1.54) is 5.01 Å². The Kier molecular flexibility index (Phi) is 6.18. The van der Waals surface area contributed by atoms with Gasteiger partial charge in [0.05, 0.1) is 17.3 Å². The molecular formula is C30H26N2O5. The van der Waals surface area contributed by atoms with Gasteiger partial charge in [0.15, 0.2) is 18.1 Å². The SMILES string of the molecule is O=C(OCC(=O)N1N=C2C(=Cc3ccccc3)CCCC2C1c1ccccc1)c1ccc2c(c1)OCO2. The van der Waals surface area contributed by atoms with Gasteiger partial charge in [-0.25, -0.2) is 9.80 Å². The number of amides is 1. The van der Waals surface area contributed by atoms with Gasteiger partial charge in [0, 0.05) is 5.92 Å². The number of carbonyl (C=O) groups is 2. The Morgan fingerprint density at radius 2 is 1.73 bits per heavy atom. The summed E-state index contributed by atoms with van der Waals surface area (Å²) >= 11 is 0. The molecule has 186 valence electrons. The molecule has 6 rings (SSSR count). The topological polar surface area (TPSA) is 77.4 Å². The molecule has 2 aliphatic heterocycles. The quantitative estimate of drug-likeness (QED) is 0.444. The Hall–Kier alpha value is -4.39. The minimum Gasteiger partial charge on any atom is -0.454 e. The average molecular weight is 495 g/mol. The Labute approximate surface area is 215 Å². The summed E-state index contributed by atoms with van der Waals surface area (Å²) in [6, 6.07) is 24.7. The standard InChI is InChI=1S/C30H26N2O5/c33-27(18-35-30(34)23-14-15-25-26(17-23)37-19-36-25)32-29(21-10-5-2-6-11-21)24-13-7-12-22(28(24)31-32)16-20-8-3-1-4-9-20/h1-6,8-11,14-17,24,29H,7,12-13,18-19H2. The molecule has 2 unspecified atom stereocenters. The van der Waals surface area contributed by atoms with Gasteiger partial charge in [-0.05, 0) is 60.2 Å². The molecule has 37 heavy (non-hydrogen) atoms. The second-order valence-corrected chi connectivity index (χ2v) is 9.30. The predicted molar refractivity (Wildman–Crippen MR) is 138 cm³/mol. The number of carbonyl (C=O) groups excluding carboxylic acids is 2. The molecule has 0 radical (unpaired) electrons. The van der Waals surface area contributed by atoms with Crippen molar-refractivity contribution < 1.29 is 23.8 Å². The molecule has 1 aliphatic carbocycles. The highest BCUT2D eigenvalue weighted by molar-refractivity contribution is 6.08. The number of allylic oxidation sites excluding steroid dienone is 1. The maximum atomic E-state index is 13.4. The Balaban J connectivity index is 1.25. The van der Waals surface area contributed by atoms with E-state index < -0.39 is 12.6 Å². The second-order valence-electron chi connectivity index (χ2n) is 9.30. The summed E-state index contributed by atoms with van der Waals surface area (Å²) in [5, 5.41) is 6.37. The minimum absolute atomic E-state index is 0.0830. The van der Waals surface area contributed by atoms with Crippen molar-refractivity contribution in [1.29, 1.82) is 0 Å². The van der Waals surface area contributed by atoms with Gasteiger partial charge >= 0.3 is 5.97 Å². The second kappa shape index (κ2) is 9.93. The minimum atomic E-state index is -0.600. The van der Waals surface area contributed by atoms with Crippen LogP contribution in [0.15, 0.2) is 89.5 Å². The van der Waals surface area contributed by atoms with Crippen LogP contribution in [0.1, 0.15) is 46.8 Å². The molecule has 1 fully saturated rings. The third-order valence-electron chi connectivity index (χ3n) is 6.97. The molecule has 0 saturated heterocycles. The third kappa shape index (κ3) is 4.60. The van der Waals surface area contributed by atoms with Gasteiger partial charge in [0.1, 0.15) is 0 Å². The highest BCUT2D eigenvalue weighted by Crippen LogP contribution is 2.44. The highest BCUT2D eigenvalue weighted by atomic mass is 16.7. The summed E-state index contributed by atoms with van der Waals surface area (Å²) in [5.74, 6) is 0.186. The van der Waals surface area contributed by atoms with Crippen LogP contribution in [0.3, 0.4) is 0 Å². The number of fused-ring (bicyclic) bond motifs is 2. The van der Waals surface area contributed by atoms with Crippen LogP contribution in [0, 0.1) is 5.92 Å². The molecule has 0 N–H and O–H groups in total. The van der Waals surface area contributed by atoms with Crippen molar-refractivity contribution in [1.82, 2.24) is 5.01 Å². The van der Waals surface area contributed by atoms with Crippen LogP contribution in [-0.2, 0) is 9.53 Å². The number of hydrazone groups is 1. The first-order valence-electron chi connectivity index (χ1n) is 12.5. The van der Waals surface area contributed by atoms with Crippen LogP contribution in [0.25, 0.3) is 6.08 Å². The van der Waals surface area contributed by atoms with E-state index in [1.807, 2.05) is 48.5 Å². The number of hydrogen-bond donors (Lipinski definition) is 0. The molecule has 7 nitrogen and oxygen atoms in total. The van der Waals surface area contributed by atoms with Crippen molar-refractivity contribution in [2.75, 3.05) is 13.4 Å². The summed E-state index contributed by atoms with van der Waals surface area (Å²) in [6.45, 7) is -0.289. The first-order chi connectivity index (χ1) is 18.2. The smallest absolute Gasteiger partial charge is 0.338 e. The van der Waals surface area contributed by atoms with Gasteiger partial charge in [-0.3, -0.25) is 4.79 Å². The van der Waals surface area contributed by atoms with E-state index in [-0.39, 0.29) is 24.7 Å². The van der Waals surface area contributed by atoms with Crippen molar-refractivity contribution >= 4 is 23.7 Å². The monoisotopic (exact) mass is 494 g/mol. The fourth-order valence-electron chi connectivity index (χ4n) is 5.24. The van der Waals surface area contributed by atoms with E-state index in [9.17, 15) is 9.59 Å². The first-order valence-corrected chi connectivity index (χ1v) is 12.5. The summed E-state index contributed by atoms with van der Waals surface area (Å²) in [6.07, 6.45) is 5.03. The molecule has 2 heterocycles. The molecule has 0 aromatic heterocycles. The van der Waals surface area contributed by atoms with Gasteiger partial charge in [-0.2, -0.15) is 5.10 Å². The molecule has 1 amide bonds. The lowest BCUT2D eigenvalue weighted by molar-refractivity contribution is -0.137. The molecule has 7 heteroatoms. The van der Waals surface area contributed by atoms with Crippen LogP contribution < -0.4 is 9.47 Å². The molecule has 0 spiro atoms. The fraction of sp³-hybridized carbons (Fsp3) is 0.233. The van der Waals surface area contributed by atoms with Crippen molar-refractivity contribution in [3.8, 4) is 11.5 Å². The van der Waals surface area contributed by atoms with E-state index in [0.717, 1.165) is 41.7 Å². The van der Waals surface area contributed by atoms with E-state index in [1.54, 1.807) is 18.2 Å². The van der Waals surface area contributed by atoms with Crippen molar-refractivity contribution in [2.24, 2.45) is 11.0 Å². The van der Waals surface area contributed by atoms with Crippen molar-refractivity contribution in [3.63, 3.8) is 0 Å². The maximum absolute atomic E-state index is 13.4. The zero-order chi connectivity index (χ0) is 25.2. The number of nitrogens with zero attached hydrogens (tertiary/aromatic N) is 2. The van der Waals surface area contributed by atoms with E-state index >= 15 is 0 Å². The third-order valence-corrected chi connectivity index (χ3v) is 6.97. The van der Waals surface area contributed by atoms with Gasteiger partial charge in [0.2, 0.25) is 6.79 Å². The van der Waals surface area contributed by atoms with E-state index in [0.29, 0.717) is 17.1 Å². The summed E-state index contributed by atoms with van der Waals surface area (Å²) in [7, 11) is 0. The van der Waals surface area contributed by atoms with Crippen molar-refractivity contribution in [3.05, 3.63) is 101 Å². The molecule has 0 bridgehead atoms. The number of hydrogen-bond acceptors (Lipinski definition) is 6. The van der Waals surface area contributed by atoms with Crippen LogP contribution in [0.2, 0.25) is 0 Å². The Morgan fingerprint density at radius 1 is 0.973 bits per heavy atom. The molecule has 3 aliphatic rings. The zero-order valence-corrected chi connectivity index (χ0v) is 20.2. The lowest BCUT2D eigenvalue weighted by Crippen LogP contribution is -2.34.